The zero-order chi connectivity index (χ0) is 14.8. The normalized spacial score (nSPS) is 13.9. The minimum absolute atomic E-state index is 0.148. The Morgan fingerprint density at radius 1 is 1.38 bits per heavy atom. The third-order valence-corrected chi connectivity index (χ3v) is 3.30. The SMILES string of the molecule is COc1c(Cl)cc2c(c1-c1noc(CN)n1)OCCCO2. The average molecular weight is 312 g/mol. The maximum absolute atomic E-state index is 6.24. The van der Waals surface area contributed by atoms with E-state index in [2.05, 4.69) is 10.1 Å². The molecular formula is C13H14ClN3O4. The summed E-state index contributed by atoms with van der Waals surface area (Å²) in [6.07, 6.45) is 0.772. The van der Waals surface area contributed by atoms with Crippen LogP contribution in [-0.2, 0) is 6.54 Å². The van der Waals surface area contributed by atoms with Gasteiger partial charge in [0.05, 0.1) is 31.9 Å². The maximum atomic E-state index is 6.24. The van der Waals surface area contributed by atoms with Gasteiger partial charge < -0.3 is 24.5 Å². The first kappa shape index (κ1) is 14.0. The zero-order valence-corrected chi connectivity index (χ0v) is 12.1. The zero-order valence-electron chi connectivity index (χ0n) is 11.4. The van der Waals surface area contributed by atoms with Gasteiger partial charge in [-0.3, -0.25) is 0 Å². The van der Waals surface area contributed by atoms with Crippen molar-refractivity contribution in [3.05, 3.63) is 17.0 Å². The van der Waals surface area contributed by atoms with E-state index < -0.39 is 0 Å². The Bertz CT molecular complexity index is 659. The van der Waals surface area contributed by atoms with E-state index >= 15 is 0 Å². The number of benzene rings is 1. The van der Waals surface area contributed by atoms with Gasteiger partial charge in [0.25, 0.3) is 0 Å². The van der Waals surface area contributed by atoms with Gasteiger partial charge in [0, 0.05) is 12.5 Å². The van der Waals surface area contributed by atoms with Crippen LogP contribution in [0.3, 0.4) is 0 Å². The quantitative estimate of drug-likeness (QED) is 0.926. The molecule has 0 radical (unpaired) electrons. The van der Waals surface area contributed by atoms with Crippen LogP contribution in [-0.4, -0.2) is 30.5 Å². The van der Waals surface area contributed by atoms with Gasteiger partial charge >= 0.3 is 0 Å². The maximum Gasteiger partial charge on any atom is 0.240 e. The topological polar surface area (TPSA) is 92.6 Å². The van der Waals surface area contributed by atoms with E-state index in [1.54, 1.807) is 6.07 Å². The molecule has 0 aliphatic carbocycles. The molecule has 1 aliphatic rings. The minimum Gasteiger partial charge on any atom is -0.494 e. The van der Waals surface area contributed by atoms with Gasteiger partial charge in [-0.05, 0) is 0 Å². The molecule has 2 heterocycles. The van der Waals surface area contributed by atoms with Crippen molar-refractivity contribution >= 4 is 11.6 Å². The number of aromatic nitrogens is 2. The Kier molecular flexibility index (Phi) is 3.85. The lowest BCUT2D eigenvalue weighted by atomic mass is 10.1. The number of hydrogen-bond donors (Lipinski definition) is 1. The van der Waals surface area contributed by atoms with Crippen molar-refractivity contribution in [3.63, 3.8) is 0 Å². The highest BCUT2D eigenvalue weighted by Gasteiger charge is 2.26. The number of methoxy groups -OCH3 is 1. The van der Waals surface area contributed by atoms with Crippen molar-refractivity contribution in [2.24, 2.45) is 5.73 Å². The number of fused-ring (bicyclic) bond motifs is 1. The van der Waals surface area contributed by atoms with Crippen molar-refractivity contribution in [2.45, 2.75) is 13.0 Å². The van der Waals surface area contributed by atoms with Crippen molar-refractivity contribution in [2.75, 3.05) is 20.3 Å². The Balaban J connectivity index is 2.22. The van der Waals surface area contributed by atoms with E-state index in [1.165, 1.54) is 7.11 Å². The highest BCUT2D eigenvalue weighted by Crippen LogP contribution is 2.48. The van der Waals surface area contributed by atoms with E-state index in [0.717, 1.165) is 6.42 Å². The number of nitrogens with two attached hydrogens (primary N) is 1. The second-order valence-corrected chi connectivity index (χ2v) is 4.77. The first-order valence-electron chi connectivity index (χ1n) is 6.43. The molecule has 0 saturated carbocycles. The summed E-state index contributed by atoms with van der Waals surface area (Å²) < 4.78 is 21.8. The van der Waals surface area contributed by atoms with E-state index in [9.17, 15) is 0 Å². The number of halogens is 1. The highest BCUT2D eigenvalue weighted by molar-refractivity contribution is 6.33. The molecule has 0 saturated heterocycles. The van der Waals surface area contributed by atoms with Crippen LogP contribution < -0.4 is 19.9 Å². The predicted molar refractivity (Wildman–Crippen MR) is 74.8 cm³/mol. The van der Waals surface area contributed by atoms with Gasteiger partial charge in [-0.25, -0.2) is 0 Å². The molecule has 1 aliphatic heterocycles. The van der Waals surface area contributed by atoms with Crippen LogP contribution in [0, 0.1) is 0 Å². The lowest BCUT2D eigenvalue weighted by Crippen LogP contribution is -2.00. The van der Waals surface area contributed by atoms with Crippen LogP contribution in [0.15, 0.2) is 10.6 Å². The lowest BCUT2D eigenvalue weighted by Gasteiger charge is -2.15. The number of rotatable bonds is 3. The third-order valence-electron chi connectivity index (χ3n) is 3.02. The summed E-state index contributed by atoms with van der Waals surface area (Å²) in [6.45, 7) is 1.22. The lowest BCUT2D eigenvalue weighted by molar-refractivity contribution is 0.297. The molecule has 1 aromatic carbocycles. The average Bonchev–Trinajstić information content (AvgIpc) is 2.84. The largest absolute Gasteiger partial charge is 0.494 e. The van der Waals surface area contributed by atoms with E-state index in [1.807, 2.05) is 0 Å². The van der Waals surface area contributed by atoms with Crippen molar-refractivity contribution in [1.29, 1.82) is 0 Å². The van der Waals surface area contributed by atoms with Crippen molar-refractivity contribution in [3.8, 4) is 28.6 Å². The molecule has 0 unspecified atom stereocenters. The van der Waals surface area contributed by atoms with Crippen LogP contribution in [0.25, 0.3) is 11.4 Å². The molecule has 0 atom stereocenters. The van der Waals surface area contributed by atoms with Crippen LogP contribution >= 0.6 is 11.6 Å². The fourth-order valence-electron chi connectivity index (χ4n) is 2.10. The van der Waals surface area contributed by atoms with Gasteiger partial charge in [0.2, 0.25) is 11.7 Å². The highest BCUT2D eigenvalue weighted by atomic mass is 35.5. The molecule has 2 N–H and O–H groups in total. The van der Waals surface area contributed by atoms with Gasteiger partial charge in [0.15, 0.2) is 17.2 Å². The third kappa shape index (κ3) is 2.50. The molecule has 8 heteroatoms. The number of hydrogen-bond acceptors (Lipinski definition) is 7. The Morgan fingerprint density at radius 3 is 2.90 bits per heavy atom. The molecule has 21 heavy (non-hydrogen) atoms. The summed E-state index contributed by atoms with van der Waals surface area (Å²) in [4.78, 5) is 4.21. The summed E-state index contributed by atoms with van der Waals surface area (Å²) in [5.41, 5.74) is 6.00. The molecule has 1 aromatic heterocycles. The second kappa shape index (κ2) is 5.79. The molecule has 0 amide bonds. The molecule has 2 aromatic rings. The van der Waals surface area contributed by atoms with Gasteiger partial charge in [-0.15, -0.1) is 0 Å². The summed E-state index contributed by atoms with van der Waals surface area (Å²) in [6, 6.07) is 1.66. The summed E-state index contributed by atoms with van der Waals surface area (Å²) in [5.74, 6) is 2.06. The fourth-order valence-corrected chi connectivity index (χ4v) is 2.37. The van der Waals surface area contributed by atoms with Gasteiger partial charge in [-0.1, -0.05) is 16.8 Å². The number of nitrogens with zero attached hydrogens (tertiary/aromatic N) is 2. The van der Waals surface area contributed by atoms with Crippen LogP contribution in [0.5, 0.6) is 17.2 Å². The smallest absolute Gasteiger partial charge is 0.240 e. The molecule has 0 spiro atoms. The monoisotopic (exact) mass is 311 g/mol. The molecule has 0 fully saturated rings. The standard InChI is InChI=1S/C13H14ClN3O4/c1-18-11-7(14)5-8-12(20-4-2-3-19-8)10(11)13-16-9(6-15)21-17-13/h5H,2-4,6,15H2,1H3. The summed E-state index contributed by atoms with van der Waals surface area (Å²) >= 11 is 6.24. The van der Waals surface area contributed by atoms with Crippen LogP contribution in [0.4, 0.5) is 0 Å². The first-order valence-corrected chi connectivity index (χ1v) is 6.81. The molecule has 3 rings (SSSR count). The molecular weight excluding hydrogens is 298 g/mol. The predicted octanol–water partition coefficient (Wildman–Crippen LogP) is 2.02. The molecule has 0 bridgehead atoms. The fraction of sp³-hybridized carbons (Fsp3) is 0.385. The Hall–Kier alpha value is -1.99. The van der Waals surface area contributed by atoms with Crippen LogP contribution in [0.2, 0.25) is 5.02 Å². The minimum atomic E-state index is 0.148. The first-order chi connectivity index (χ1) is 10.2. The molecule has 112 valence electrons. The van der Waals surface area contributed by atoms with Crippen molar-refractivity contribution < 1.29 is 18.7 Å². The molecule has 7 nitrogen and oxygen atoms in total. The summed E-state index contributed by atoms with van der Waals surface area (Å²) in [7, 11) is 1.51. The number of ether oxygens (including phenoxy) is 3. The van der Waals surface area contributed by atoms with E-state index in [0.29, 0.717) is 52.8 Å². The second-order valence-electron chi connectivity index (χ2n) is 4.36. The summed E-state index contributed by atoms with van der Waals surface area (Å²) in [5, 5.41) is 4.29. The van der Waals surface area contributed by atoms with Gasteiger partial charge in [-0.2, -0.15) is 4.98 Å². The van der Waals surface area contributed by atoms with E-state index in [-0.39, 0.29) is 6.54 Å². The Labute approximate surface area is 125 Å². The Morgan fingerprint density at radius 2 is 2.19 bits per heavy atom. The van der Waals surface area contributed by atoms with Crippen LogP contribution in [0.1, 0.15) is 12.3 Å². The van der Waals surface area contributed by atoms with Gasteiger partial charge in [0.1, 0.15) is 5.56 Å². The van der Waals surface area contributed by atoms with E-state index in [4.69, 9.17) is 36.1 Å². The van der Waals surface area contributed by atoms with Crippen molar-refractivity contribution in [1.82, 2.24) is 10.1 Å².